The van der Waals surface area contributed by atoms with Gasteiger partial charge in [-0.25, -0.2) is 0 Å². The Kier molecular flexibility index (Phi) is 9.90. The molecule has 11 heteroatoms. The number of benzene rings is 4. The maximum atomic E-state index is 12.0. The van der Waals surface area contributed by atoms with Crippen molar-refractivity contribution < 1.29 is 55.6 Å². The van der Waals surface area contributed by atoms with Crippen molar-refractivity contribution in [1.29, 1.82) is 0 Å². The molecule has 0 unspecified atom stereocenters. The average molecular weight is 596 g/mol. The van der Waals surface area contributed by atoms with E-state index in [0.29, 0.717) is 45.6 Å². The lowest BCUT2D eigenvalue weighted by molar-refractivity contribution is -0.134. The first-order valence-corrected chi connectivity index (χ1v) is 13.1. The first-order chi connectivity index (χ1) is 19.5. The second kappa shape index (κ2) is 12.5. The van der Waals surface area contributed by atoms with Gasteiger partial charge in [0.1, 0.15) is 11.5 Å². The number of aryl methyl sites for hydroxylation is 2. The van der Waals surface area contributed by atoms with Gasteiger partial charge >= 0.3 is 0 Å². The van der Waals surface area contributed by atoms with E-state index in [4.69, 9.17) is 9.90 Å². The third-order valence-corrected chi connectivity index (χ3v) is 7.22. The summed E-state index contributed by atoms with van der Waals surface area (Å²) in [4.78, 5) is 33.0. The number of fused-ring (bicyclic) bond motifs is 2. The van der Waals surface area contributed by atoms with Crippen LogP contribution in [0.2, 0.25) is 0 Å². The Labute approximate surface area is 247 Å². The van der Waals surface area contributed by atoms with Crippen LogP contribution in [0, 0.1) is 13.8 Å². The molecule has 0 atom stereocenters. The molecule has 0 saturated carbocycles. The molecule has 0 bridgehead atoms. The van der Waals surface area contributed by atoms with Gasteiger partial charge < -0.3 is 35.7 Å². The van der Waals surface area contributed by atoms with E-state index < -0.39 is 40.5 Å². The average Bonchev–Trinajstić information content (AvgIpc) is 2.87. The van der Waals surface area contributed by atoms with Gasteiger partial charge in [-0.15, -0.1) is 0 Å². The van der Waals surface area contributed by atoms with Crippen molar-refractivity contribution in [1.82, 2.24) is 0 Å². The molecule has 0 spiro atoms. The molecule has 1 radical (unpaired) electrons. The predicted octanol–water partition coefficient (Wildman–Crippen LogP) is 6.30. The number of phenolic OH excluding ortho intramolecular Hbond substituents is 6. The first-order valence-electron chi connectivity index (χ1n) is 13.1. The van der Waals surface area contributed by atoms with Crippen molar-refractivity contribution in [3.8, 4) is 45.6 Å². The van der Waals surface area contributed by atoms with Crippen molar-refractivity contribution in [2.45, 2.75) is 60.3 Å². The summed E-state index contributed by atoms with van der Waals surface area (Å²) >= 11 is 0. The number of rotatable bonds is 5. The van der Waals surface area contributed by atoms with E-state index in [-0.39, 0.29) is 50.3 Å². The summed E-state index contributed by atoms with van der Waals surface area (Å²) in [5.41, 5.74) is 1.33. The van der Waals surface area contributed by atoms with E-state index in [1.807, 2.05) is 0 Å². The van der Waals surface area contributed by atoms with E-state index in [2.05, 4.69) is 0 Å². The molecule has 43 heavy (non-hydrogen) atoms. The summed E-state index contributed by atoms with van der Waals surface area (Å²) in [6, 6.07) is 3.31. The lowest BCUT2D eigenvalue weighted by Crippen LogP contribution is -2.01. The summed E-state index contributed by atoms with van der Waals surface area (Å²) in [5.74, 6) is -4.41. The standard InChI is InChI=1S/C30H30O8.C2H4O2.HO/c1-11(2)19-15-7-13(5)21(27(35)23(15)17(9-31)25(33)29(19)37)22-14(6)8-16-20(12(3)4)30(38)26(34)18(10-32)24(16)28(22)36;1-2(3)4;/h7-12,33-38H,1-6H3;1H3,(H,3,4);1H. The molecule has 4 rings (SSSR count). The Balaban J connectivity index is 0.00000121. The highest BCUT2D eigenvalue weighted by molar-refractivity contribution is 6.14. The zero-order valence-electron chi connectivity index (χ0n) is 24.8. The number of phenols is 6. The summed E-state index contributed by atoms with van der Waals surface area (Å²) < 4.78 is 0. The van der Waals surface area contributed by atoms with Gasteiger partial charge in [0.05, 0.1) is 11.1 Å². The van der Waals surface area contributed by atoms with Crippen LogP contribution in [-0.2, 0) is 4.79 Å². The SMILES string of the molecule is CC(=O)O.Cc1cc2c(C(C)C)c(O)c(O)c(C=O)c2c(O)c1-c1c(C)cc2c(C(C)C)c(O)c(O)c(C=O)c2c1O.[OH]. The Morgan fingerprint density at radius 2 is 0.907 bits per heavy atom. The van der Waals surface area contributed by atoms with Gasteiger partial charge in [-0.05, 0) is 47.6 Å². The molecule has 0 heterocycles. The van der Waals surface area contributed by atoms with Crippen LogP contribution in [0.1, 0.15) is 89.4 Å². The Bertz CT molecular complexity index is 1650. The second-order valence-corrected chi connectivity index (χ2v) is 10.8. The first kappa shape index (κ1) is 34.2. The van der Waals surface area contributed by atoms with Gasteiger partial charge in [-0.2, -0.15) is 0 Å². The highest BCUT2D eigenvalue weighted by Crippen LogP contribution is 2.54. The second-order valence-electron chi connectivity index (χ2n) is 10.8. The van der Waals surface area contributed by atoms with E-state index in [0.717, 1.165) is 6.92 Å². The highest BCUT2D eigenvalue weighted by Gasteiger charge is 2.29. The maximum Gasteiger partial charge on any atom is 0.300 e. The van der Waals surface area contributed by atoms with Gasteiger partial charge in [0, 0.05) is 39.9 Å². The Hall–Kier alpha value is -5.03. The van der Waals surface area contributed by atoms with Crippen LogP contribution in [0.5, 0.6) is 34.5 Å². The number of carbonyl (C=O) groups excluding carboxylic acids is 2. The molecule has 11 nitrogen and oxygen atoms in total. The summed E-state index contributed by atoms with van der Waals surface area (Å²) in [6.45, 7) is 11.6. The molecule has 4 aromatic carbocycles. The number of carbonyl (C=O) groups is 3. The number of aliphatic carboxylic acids is 1. The van der Waals surface area contributed by atoms with Crippen molar-refractivity contribution in [3.05, 3.63) is 45.5 Å². The molecule has 0 aliphatic carbocycles. The molecule has 229 valence electrons. The van der Waals surface area contributed by atoms with Crippen molar-refractivity contribution in [2.75, 3.05) is 0 Å². The van der Waals surface area contributed by atoms with Crippen LogP contribution in [0.25, 0.3) is 32.7 Å². The molecule has 4 aromatic rings. The third-order valence-electron chi connectivity index (χ3n) is 7.22. The fourth-order valence-electron chi connectivity index (χ4n) is 5.60. The zero-order chi connectivity index (χ0) is 32.0. The van der Waals surface area contributed by atoms with Crippen molar-refractivity contribution in [3.63, 3.8) is 0 Å². The molecular weight excluding hydrogens is 560 g/mol. The summed E-state index contributed by atoms with van der Waals surface area (Å²) in [6.07, 6.45) is 0.682. The van der Waals surface area contributed by atoms with Crippen LogP contribution in [0.15, 0.2) is 12.1 Å². The molecule has 0 aromatic heterocycles. The minimum atomic E-state index is -0.833. The molecule has 0 aliphatic heterocycles. The Morgan fingerprint density at radius 1 is 0.628 bits per heavy atom. The van der Waals surface area contributed by atoms with Crippen LogP contribution in [0.4, 0.5) is 0 Å². The lowest BCUT2D eigenvalue weighted by Gasteiger charge is -2.23. The molecular formula is C32H35O11. The van der Waals surface area contributed by atoms with Gasteiger partial charge in [-0.3, -0.25) is 19.9 Å². The van der Waals surface area contributed by atoms with Crippen LogP contribution < -0.4 is 0 Å². The Morgan fingerprint density at radius 3 is 1.14 bits per heavy atom. The quantitative estimate of drug-likeness (QED) is 0.0949. The number of aromatic hydroxyl groups is 6. The molecule has 8 N–H and O–H groups in total. The summed E-state index contributed by atoms with van der Waals surface area (Å²) in [5, 5.41) is 73.8. The van der Waals surface area contributed by atoms with Gasteiger partial charge in [0.2, 0.25) is 0 Å². The number of carboxylic acid groups (broad SMARTS) is 1. The fourth-order valence-corrected chi connectivity index (χ4v) is 5.60. The maximum absolute atomic E-state index is 12.0. The van der Waals surface area contributed by atoms with Gasteiger partial charge in [0.15, 0.2) is 35.6 Å². The number of carboxylic acids is 1. The monoisotopic (exact) mass is 595 g/mol. The third kappa shape index (κ3) is 5.46. The van der Waals surface area contributed by atoms with Crippen LogP contribution in [0.3, 0.4) is 0 Å². The fraction of sp³-hybridized carbons (Fsp3) is 0.281. The van der Waals surface area contributed by atoms with Crippen LogP contribution in [-0.4, -0.2) is 59.8 Å². The normalized spacial score (nSPS) is 10.9. The minimum Gasteiger partial charge on any atom is -0.507 e. The predicted molar refractivity (Wildman–Crippen MR) is 161 cm³/mol. The molecule has 0 saturated heterocycles. The van der Waals surface area contributed by atoms with E-state index in [1.165, 1.54) is 0 Å². The molecule has 0 amide bonds. The molecule has 0 aliphatic rings. The number of hydrogen-bond acceptors (Lipinski definition) is 9. The lowest BCUT2D eigenvalue weighted by atomic mass is 9.83. The van der Waals surface area contributed by atoms with E-state index >= 15 is 0 Å². The van der Waals surface area contributed by atoms with Crippen molar-refractivity contribution >= 4 is 40.1 Å². The smallest absolute Gasteiger partial charge is 0.300 e. The topological polar surface area (TPSA) is 223 Å². The minimum absolute atomic E-state index is 0. The number of aldehydes is 2. The van der Waals surface area contributed by atoms with E-state index in [1.54, 1.807) is 53.7 Å². The van der Waals surface area contributed by atoms with Gasteiger partial charge in [-0.1, -0.05) is 39.8 Å². The summed E-state index contributed by atoms with van der Waals surface area (Å²) in [7, 11) is 0. The molecule has 0 fully saturated rings. The van der Waals surface area contributed by atoms with Gasteiger partial charge in [0.25, 0.3) is 5.97 Å². The van der Waals surface area contributed by atoms with E-state index in [9.17, 15) is 40.2 Å². The van der Waals surface area contributed by atoms with Crippen molar-refractivity contribution in [2.24, 2.45) is 0 Å². The highest BCUT2D eigenvalue weighted by atomic mass is 16.4. The zero-order valence-corrected chi connectivity index (χ0v) is 24.8. The largest absolute Gasteiger partial charge is 0.507 e. The number of hydrogen-bond donors (Lipinski definition) is 8. The van der Waals surface area contributed by atoms with Crippen LogP contribution >= 0.6 is 0 Å².